The molecular formula is C6H21NO6Si3. The van der Waals surface area contributed by atoms with Gasteiger partial charge in [-0.25, -0.2) is 3.90 Å². The van der Waals surface area contributed by atoms with Crippen molar-refractivity contribution in [1.29, 1.82) is 0 Å². The third-order valence-corrected chi connectivity index (χ3v) is 10.2. The van der Waals surface area contributed by atoms with Gasteiger partial charge in [0, 0.05) is 42.7 Å². The molecule has 0 N–H and O–H groups in total. The molecule has 0 amide bonds. The van der Waals surface area contributed by atoms with Gasteiger partial charge in [0.2, 0.25) is 0 Å². The molecule has 0 bridgehead atoms. The quantitative estimate of drug-likeness (QED) is 0.469. The maximum Gasteiger partial charge on any atom is 0.403 e. The van der Waals surface area contributed by atoms with Crippen LogP contribution < -0.4 is 0 Å². The van der Waals surface area contributed by atoms with Gasteiger partial charge in [-0.15, -0.1) is 0 Å². The zero-order valence-electron chi connectivity index (χ0n) is 10.6. The monoisotopic (exact) mass is 287 g/mol. The summed E-state index contributed by atoms with van der Waals surface area (Å²) in [7, 11) is 3.48. The summed E-state index contributed by atoms with van der Waals surface area (Å²) in [5.74, 6) is 0. The van der Waals surface area contributed by atoms with Crippen molar-refractivity contribution in [2.45, 2.75) is 0 Å². The molecule has 0 atom stereocenters. The lowest BCUT2D eigenvalue weighted by molar-refractivity contribution is 0.171. The number of rotatable bonds is 9. The molecule has 0 aromatic heterocycles. The predicted octanol–water partition coefficient (Wildman–Crippen LogP) is -1.68. The fourth-order valence-corrected chi connectivity index (χ4v) is 10.1. The van der Waals surface area contributed by atoms with E-state index in [1.54, 1.807) is 42.7 Å². The van der Waals surface area contributed by atoms with E-state index in [4.69, 9.17) is 26.6 Å². The van der Waals surface area contributed by atoms with Crippen molar-refractivity contribution in [1.82, 2.24) is 3.90 Å². The van der Waals surface area contributed by atoms with E-state index in [0.29, 0.717) is 0 Å². The zero-order valence-corrected chi connectivity index (χ0v) is 14.1. The maximum absolute atomic E-state index is 5.32. The Morgan fingerprint density at radius 3 is 0.812 bits per heavy atom. The number of hydrogen-bond acceptors (Lipinski definition) is 7. The molecule has 0 radical (unpaired) electrons. The highest BCUT2D eigenvalue weighted by Gasteiger charge is 2.40. The molecule has 0 saturated carbocycles. The normalized spacial score (nSPS) is 12.4. The van der Waals surface area contributed by atoms with Crippen LogP contribution in [0, 0.1) is 0 Å². The van der Waals surface area contributed by atoms with Crippen molar-refractivity contribution in [3.63, 3.8) is 0 Å². The molecular weight excluding hydrogens is 266 g/mol. The Balaban J connectivity index is 4.84. The van der Waals surface area contributed by atoms with Gasteiger partial charge in [-0.3, -0.25) is 0 Å². The highest BCUT2D eigenvalue weighted by molar-refractivity contribution is 6.74. The van der Waals surface area contributed by atoms with Gasteiger partial charge in [-0.05, 0) is 0 Å². The molecule has 10 heteroatoms. The summed E-state index contributed by atoms with van der Waals surface area (Å²) in [6, 6.07) is 0. The van der Waals surface area contributed by atoms with Gasteiger partial charge in [-0.1, -0.05) is 0 Å². The van der Waals surface area contributed by atoms with Gasteiger partial charge in [0.25, 0.3) is 0 Å². The van der Waals surface area contributed by atoms with Crippen LogP contribution in [0.1, 0.15) is 0 Å². The summed E-state index contributed by atoms with van der Waals surface area (Å²) in [5, 5.41) is 0. The molecule has 0 fully saturated rings. The van der Waals surface area contributed by atoms with E-state index in [2.05, 4.69) is 0 Å². The second-order valence-corrected chi connectivity index (χ2v) is 11.0. The van der Waals surface area contributed by atoms with Crippen molar-refractivity contribution in [2.24, 2.45) is 0 Å². The van der Waals surface area contributed by atoms with Crippen molar-refractivity contribution >= 4 is 28.3 Å². The van der Waals surface area contributed by atoms with Crippen LogP contribution in [0.3, 0.4) is 0 Å². The fraction of sp³-hybridized carbons (Fsp3) is 1.00. The first-order valence-electron chi connectivity index (χ1n) is 4.64. The van der Waals surface area contributed by atoms with E-state index >= 15 is 0 Å². The van der Waals surface area contributed by atoms with E-state index in [1.165, 1.54) is 0 Å². The number of nitrogens with zero attached hydrogens (tertiary/aromatic N) is 1. The summed E-state index contributed by atoms with van der Waals surface area (Å²) in [6.07, 6.45) is 0. The van der Waals surface area contributed by atoms with Crippen molar-refractivity contribution < 1.29 is 26.6 Å². The molecule has 7 nitrogen and oxygen atoms in total. The molecule has 0 aliphatic heterocycles. The van der Waals surface area contributed by atoms with Crippen molar-refractivity contribution in [2.75, 3.05) is 42.7 Å². The highest BCUT2D eigenvalue weighted by atomic mass is 28.5. The van der Waals surface area contributed by atoms with Gasteiger partial charge >= 0.3 is 28.3 Å². The molecule has 0 aliphatic rings. The smallest absolute Gasteiger partial charge is 0.389 e. The average Bonchev–Trinajstić information content (AvgIpc) is 2.33. The molecule has 0 aromatic rings. The molecule has 0 aliphatic carbocycles. The Labute approximate surface area is 102 Å². The summed E-state index contributed by atoms with van der Waals surface area (Å²) in [4.78, 5) is 0. The van der Waals surface area contributed by atoms with E-state index < -0.39 is 28.3 Å². The lowest BCUT2D eigenvalue weighted by Crippen LogP contribution is -2.62. The van der Waals surface area contributed by atoms with Gasteiger partial charge < -0.3 is 26.6 Å². The Morgan fingerprint density at radius 1 is 0.500 bits per heavy atom. The predicted molar refractivity (Wildman–Crippen MR) is 65.3 cm³/mol. The van der Waals surface area contributed by atoms with Gasteiger partial charge in [0.1, 0.15) is 0 Å². The van der Waals surface area contributed by atoms with E-state index in [9.17, 15) is 0 Å². The highest BCUT2D eigenvalue weighted by Crippen LogP contribution is 2.07. The minimum atomic E-state index is -2.04. The zero-order chi connectivity index (χ0) is 12.6. The summed E-state index contributed by atoms with van der Waals surface area (Å²) in [5.41, 5.74) is 0. The standard InChI is InChI=1S/C6H21NO6Si3/c1-8-14(9-2)7(15(10-3)11-4)16(12-5)13-6/h14-16H,1-6H3. The largest absolute Gasteiger partial charge is 0.403 e. The van der Waals surface area contributed by atoms with Crippen LogP contribution in [0.25, 0.3) is 0 Å². The van der Waals surface area contributed by atoms with Crippen LogP contribution in [-0.4, -0.2) is 74.9 Å². The Kier molecular flexibility index (Phi) is 9.62. The molecule has 0 spiro atoms. The summed E-state index contributed by atoms with van der Waals surface area (Å²) >= 11 is 0. The van der Waals surface area contributed by atoms with Crippen molar-refractivity contribution in [3.8, 4) is 0 Å². The van der Waals surface area contributed by atoms with Crippen LogP contribution in [-0.2, 0) is 26.6 Å². The topological polar surface area (TPSA) is 58.6 Å². The van der Waals surface area contributed by atoms with Crippen LogP contribution in [0.5, 0.6) is 0 Å². The fourth-order valence-electron chi connectivity index (χ4n) is 1.32. The van der Waals surface area contributed by atoms with E-state index in [0.717, 1.165) is 0 Å². The lowest BCUT2D eigenvalue weighted by Gasteiger charge is -2.34. The first-order chi connectivity index (χ1) is 7.69. The average molecular weight is 287 g/mol. The van der Waals surface area contributed by atoms with Crippen LogP contribution in [0.4, 0.5) is 0 Å². The molecule has 0 heterocycles. The second kappa shape index (κ2) is 9.41. The van der Waals surface area contributed by atoms with Crippen LogP contribution in [0.2, 0.25) is 0 Å². The lowest BCUT2D eigenvalue weighted by atomic mass is 11.8. The van der Waals surface area contributed by atoms with E-state index in [-0.39, 0.29) is 0 Å². The van der Waals surface area contributed by atoms with Crippen LogP contribution >= 0.6 is 0 Å². The third kappa shape index (κ3) is 4.33. The summed E-state index contributed by atoms with van der Waals surface area (Å²) in [6.45, 7) is 0. The number of hydrogen-bond donors (Lipinski definition) is 0. The van der Waals surface area contributed by atoms with Gasteiger partial charge in [0.15, 0.2) is 0 Å². The molecule has 98 valence electrons. The Morgan fingerprint density at radius 2 is 0.688 bits per heavy atom. The SMILES string of the molecule is CO[SiH](OC)N([SiH](OC)OC)[SiH](OC)OC. The van der Waals surface area contributed by atoms with Crippen molar-refractivity contribution in [3.05, 3.63) is 0 Å². The molecule has 0 saturated heterocycles. The van der Waals surface area contributed by atoms with E-state index in [1.807, 2.05) is 3.90 Å². The maximum atomic E-state index is 5.32. The minimum absolute atomic E-state index is 1.60. The first-order valence-corrected chi connectivity index (χ1v) is 9.02. The third-order valence-electron chi connectivity index (χ3n) is 1.94. The van der Waals surface area contributed by atoms with Gasteiger partial charge in [-0.2, -0.15) is 0 Å². The molecule has 16 heavy (non-hydrogen) atoms. The second-order valence-electron chi connectivity index (χ2n) is 2.78. The molecule has 0 unspecified atom stereocenters. The Bertz CT molecular complexity index is 138. The summed E-state index contributed by atoms with van der Waals surface area (Å²) < 4.78 is 33.9. The first kappa shape index (κ1) is 16.4. The van der Waals surface area contributed by atoms with Crippen LogP contribution in [0.15, 0.2) is 0 Å². The van der Waals surface area contributed by atoms with Gasteiger partial charge in [0.05, 0.1) is 0 Å². The Hall–Kier alpha value is 0.371. The molecule has 0 rings (SSSR count). The minimum Gasteiger partial charge on any atom is -0.389 e. The molecule has 0 aromatic carbocycles.